The zero-order valence-corrected chi connectivity index (χ0v) is 21.0. The summed E-state index contributed by atoms with van der Waals surface area (Å²) in [5.41, 5.74) is 0. The van der Waals surface area contributed by atoms with Gasteiger partial charge in [-0.05, 0) is 62.9 Å². The van der Waals surface area contributed by atoms with Gasteiger partial charge in [0.15, 0.2) is 11.7 Å². The van der Waals surface area contributed by atoms with Gasteiger partial charge < -0.3 is 15.1 Å². The molecule has 2 atom stereocenters. The molecule has 1 fully saturated rings. The van der Waals surface area contributed by atoms with Crippen molar-refractivity contribution in [1.82, 2.24) is 30.7 Å². The number of nitrogens with one attached hydrogen (secondary N) is 3. The Morgan fingerprint density at radius 1 is 1.35 bits per heavy atom. The number of furan rings is 1. The minimum atomic E-state index is 0. The molecule has 0 radical (unpaired) electrons. The van der Waals surface area contributed by atoms with E-state index in [2.05, 4.69) is 67.2 Å². The minimum absolute atomic E-state index is 0. The lowest BCUT2D eigenvalue weighted by Crippen LogP contribution is -2.44. The van der Waals surface area contributed by atoms with Crippen molar-refractivity contribution in [3.63, 3.8) is 0 Å². The molecule has 3 aromatic heterocycles. The largest absolute Gasteiger partial charge is 0.461 e. The van der Waals surface area contributed by atoms with E-state index < -0.39 is 0 Å². The first kappa shape index (κ1) is 23.7. The van der Waals surface area contributed by atoms with Crippen LogP contribution in [0.1, 0.15) is 36.5 Å². The molecule has 1 saturated heterocycles. The number of halogens is 1. The van der Waals surface area contributed by atoms with Gasteiger partial charge in [-0.1, -0.05) is 6.07 Å². The summed E-state index contributed by atoms with van der Waals surface area (Å²) >= 11 is 1.85. The van der Waals surface area contributed by atoms with E-state index in [-0.39, 0.29) is 24.0 Å². The standard InChI is InChI=1S/C21H29N7OS.HI/c1-3-22-21(24-14-18-25-20(27-26-18)16-8-5-11-29-16)23-13-15-7-4-10-28(2)19(15)17-9-6-12-30-17;/h5-6,8-9,11-12,15,19H,3-4,7,10,13-14H2,1-2H3,(H2,22,23,24)(H,25,26,27);1H. The Morgan fingerprint density at radius 2 is 2.26 bits per heavy atom. The monoisotopic (exact) mass is 555 g/mol. The molecule has 4 rings (SSSR count). The number of thiophene rings is 1. The van der Waals surface area contributed by atoms with E-state index >= 15 is 0 Å². The molecule has 0 bridgehead atoms. The minimum Gasteiger partial charge on any atom is -0.461 e. The number of aromatic amines is 1. The summed E-state index contributed by atoms with van der Waals surface area (Å²) < 4.78 is 5.34. The number of rotatable bonds is 7. The Hall–Kier alpha value is -1.92. The summed E-state index contributed by atoms with van der Waals surface area (Å²) in [4.78, 5) is 13.1. The molecular weight excluding hydrogens is 525 g/mol. The topological polar surface area (TPSA) is 94.4 Å². The molecule has 4 heterocycles. The van der Waals surface area contributed by atoms with Crippen LogP contribution in [0, 0.1) is 5.92 Å². The van der Waals surface area contributed by atoms with E-state index in [1.165, 1.54) is 17.7 Å². The molecule has 10 heteroatoms. The van der Waals surface area contributed by atoms with Gasteiger partial charge in [-0.15, -0.1) is 40.4 Å². The van der Waals surface area contributed by atoms with Crippen LogP contribution in [-0.4, -0.2) is 52.7 Å². The van der Waals surface area contributed by atoms with Crippen molar-refractivity contribution in [2.45, 2.75) is 32.4 Å². The highest BCUT2D eigenvalue weighted by molar-refractivity contribution is 14.0. The number of hydrogen-bond donors (Lipinski definition) is 3. The smallest absolute Gasteiger partial charge is 0.216 e. The first-order valence-electron chi connectivity index (χ1n) is 10.5. The SMILES string of the molecule is CCNC(=NCc1nc(-c2ccco2)n[nH]1)NCC1CCCN(C)C1c1cccs1.I. The Balaban J connectivity index is 0.00000272. The van der Waals surface area contributed by atoms with Crippen LogP contribution in [0.15, 0.2) is 45.3 Å². The highest BCUT2D eigenvalue weighted by atomic mass is 127. The molecule has 0 aromatic carbocycles. The van der Waals surface area contributed by atoms with Crippen molar-refractivity contribution >= 4 is 41.3 Å². The summed E-state index contributed by atoms with van der Waals surface area (Å²) in [5, 5.41) is 16.2. The second-order valence-corrected chi connectivity index (χ2v) is 8.48. The number of aromatic nitrogens is 3. The van der Waals surface area contributed by atoms with Crippen LogP contribution < -0.4 is 10.6 Å². The maximum atomic E-state index is 5.34. The fourth-order valence-corrected chi connectivity index (χ4v) is 4.97. The lowest BCUT2D eigenvalue weighted by molar-refractivity contribution is 0.125. The molecule has 0 saturated carbocycles. The number of likely N-dealkylation sites (tertiary alicyclic amines) is 1. The van der Waals surface area contributed by atoms with Crippen LogP contribution in [0.5, 0.6) is 0 Å². The molecule has 8 nitrogen and oxygen atoms in total. The van der Waals surface area contributed by atoms with Crippen molar-refractivity contribution in [2.75, 3.05) is 26.7 Å². The summed E-state index contributed by atoms with van der Waals surface area (Å²) in [6.45, 7) is 5.33. The molecule has 3 N–H and O–H groups in total. The fraction of sp³-hybridized carbons (Fsp3) is 0.476. The maximum Gasteiger partial charge on any atom is 0.216 e. The van der Waals surface area contributed by atoms with Gasteiger partial charge in [-0.25, -0.2) is 9.98 Å². The van der Waals surface area contributed by atoms with Gasteiger partial charge in [-0.3, -0.25) is 10.00 Å². The van der Waals surface area contributed by atoms with E-state index in [4.69, 9.17) is 4.42 Å². The molecule has 0 aliphatic carbocycles. The van der Waals surface area contributed by atoms with Gasteiger partial charge in [0.25, 0.3) is 0 Å². The third-order valence-electron chi connectivity index (χ3n) is 5.38. The van der Waals surface area contributed by atoms with Gasteiger partial charge >= 0.3 is 0 Å². The number of aliphatic imine (C=N–C) groups is 1. The van der Waals surface area contributed by atoms with Gasteiger partial charge in [0.1, 0.15) is 12.4 Å². The predicted molar refractivity (Wildman–Crippen MR) is 135 cm³/mol. The molecule has 1 aliphatic heterocycles. The Bertz CT molecular complexity index is 926. The lowest BCUT2D eigenvalue weighted by Gasteiger charge is -2.39. The fourth-order valence-electron chi connectivity index (χ4n) is 3.99. The van der Waals surface area contributed by atoms with Crippen LogP contribution >= 0.6 is 35.3 Å². The first-order valence-corrected chi connectivity index (χ1v) is 11.3. The van der Waals surface area contributed by atoms with E-state index in [1.54, 1.807) is 6.26 Å². The lowest BCUT2D eigenvalue weighted by atomic mass is 9.88. The average Bonchev–Trinajstić information content (AvgIpc) is 3.52. The number of piperidine rings is 1. The van der Waals surface area contributed by atoms with Crippen LogP contribution in [0.25, 0.3) is 11.6 Å². The Morgan fingerprint density at radius 3 is 3.00 bits per heavy atom. The molecule has 3 aromatic rings. The predicted octanol–water partition coefficient (Wildman–Crippen LogP) is 3.88. The number of H-pyrrole nitrogens is 1. The highest BCUT2D eigenvalue weighted by Crippen LogP contribution is 2.36. The second-order valence-electron chi connectivity index (χ2n) is 7.50. The van der Waals surface area contributed by atoms with E-state index in [0.29, 0.717) is 35.9 Å². The van der Waals surface area contributed by atoms with Crippen LogP contribution in [0.3, 0.4) is 0 Å². The van der Waals surface area contributed by atoms with Crippen molar-refractivity contribution in [2.24, 2.45) is 10.9 Å². The van der Waals surface area contributed by atoms with E-state index in [0.717, 1.165) is 25.6 Å². The number of hydrogen-bond acceptors (Lipinski definition) is 6. The van der Waals surface area contributed by atoms with Crippen molar-refractivity contribution in [1.29, 1.82) is 0 Å². The van der Waals surface area contributed by atoms with Crippen LogP contribution in [0.4, 0.5) is 0 Å². The molecule has 2 unspecified atom stereocenters. The quantitative estimate of drug-likeness (QED) is 0.233. The van der Waals surface area contributed by atoms with Gasteiger partial charge in [0.05, 0.1) is 6.26 Å². The molecule has 0 amide bonds. The number of guanidine groups is 1. The molecule has 0 spiro atoms. The number of nitrogens with zero attached hydrogens (tertiary/aromatic N) is 4. The molecule has 31 heavy (non-hydrogen) atoms. The normalized spacial score (nSPS) is 19.7. The van der Waals surface area contributed by atoms with E-state index in [1.807, 2.05) is 23.5 Å². The highest BCUT2D eigenvalue weighted by Gasteiger charge is 2.31. The van der Waals surface area contributed by atoms with Crippen LogP contribution in [0.2, 0.25) is 0 Å². The third kappa shape index (κ3) is 6.07. The third-order valence-corrected chi connectivity index (χ3v) is 6.32. The zero-order chi connectivity index (χ0) is 20.8. The Labute approximate surface area is 204 Å². The summed E-state index contributed by atoms with van der Waals surface area (Å²) in [6, 6.07) is 8.52. The summed E-state index contributed by atoms with van der Waals surface area (Å²) in [5.74, 6) is 3.24. The summed E-state index contributed by atoms with van der Waals surface area (Å²) in [6.07, 6.45) is 4.06. The average molecular weight is 555 g/mol. The van der Waals surface area contributed by atoms with Gasteiger partial charge in [-0.2, -0.15) is 0 Å². The Kier molecular flexibility index (Phi) is 8.90. The molecular formula is C21H30IN7OS. The van der Waals surface area contributed by atoms with Crippen molar-refractivity contribution in [3.05, 3.63) is 46.6 Å². The summed E-state index contributed by atoms with van der Waals surface area (Å²) in [7, 11) is 2.23. The van der Waals surface area contributed by atoms with E-state index in [9.17, 15) is 0 Å². The maximum absolute atomic E-state index is 5.34. The van der Waals surface area contributed by atoms with Crippen LogP contribution in [-0.2, 0) is 6.54 Å². The van der Waals surface area contributed by atoms with Gasteiger partial charge in [0.2, 0.25) is 5.82 Å². The molecule has 1 aliphatic rings. The van der Waals surface area contributed by atoms with Crippen molar-refractivity contribution < 1.29 is 4.42 Å². The van der Waals surface area contributed by atoms with Gasteiger partial charge in [0, 0.05) is 24.0 Å². The molecule has 168 valence electrons. The zero-order valence-electron chi connectivity index (χ0n) is 17.9. The van der Waals surface area contributed by atoms with Crippen molar-refractivity contribution in [3.8, 4) is 11.6 Å². The first-order chi connectivity index (χ1) is 14.7. The second kappa shape index (κ2) is 11.6.